The van der Waals surface area contributed by atoms with Crippen LogP contribution in [-0.4, -0.2) is 0 Å². The van der Waals surface area contributed by atoms with Crippen LogP contribution in [-0.2, 0) is 19.3 Å². The van der Waals surface area contributed by atoms with Crippen molar-refractivity contribution in [2.75, 3.05) is 0 Å². The molecular weight excluding hydrogens is 949 g/mol. The normalized spacial score (nSPS) is 11.6. The number of ether oxygens (including phenoxy) is 1. The third-order valence-electron chi connectivity index (χ3n) is 12.4. The summed E-state index contributed by atoms with van der Waals surface area (Å²) in [5, 5.41) is 0. The van der Waals surface area contributed by atoms with Gasteiger partial charge in [0.15, 0.2) is 0 Å². The van der Waals surface area contributed by atoms with E-state index in [4.69, 9.17) is 4.74 Å². The number of hydrogen-bond donors (Lipinski definition) is 0. The topological polar surface area (TPSA) is 9.23 Å². The summed E-state index contributed by atoms with van der Waals surface area (Å²) >= 11 is 13.8. The molecule has 7 aromatic heterocycles. The van der Waals surface area contributed by atoms with Crippen molar-refractivity contribution < 1.29 is 4.74 Å². The highest BCUT2D eigenvalue weighted by Gasteiger charge is 2.20. The van der Waals surface area contributed by atoms with Crippen LogP contribution in [0, 0.1) is 6.92 Å². The maximum absolute atomic E-state index is 6.18. The van der Waals surface area contributed by atoms with Crippen LogP contribution in [0.3, 0.4) is 0 Å². The van der Waals surface area contributed by atoms with Gasteiger partial charge < -0.3 is 4.74 Å². The molecule has 0 aliphatic carbocycles. The maximum atomic E-state index is 6.18. The Balaban J connectivity index is 0.931. The van der Waals surface area contributed by atoms with Crippen molar-refractivity contribution in [3.05, 3.63) is 143 Å². The summed E-state index contributed by atoms with van der Waals surface area (Å²) in [7, 11) is 0. The van der Waals surface area contributed by atoms with Crippen molar-refractivity contribution in [3.8, 4) is 80.5 Å². The smallest absolute Gasteiger partial charge is 0.127 e. The average molecular weight is 1010 g/mol. The van der Waals surface area contributed by atoms with Gasteiger partial charge in [-0.25, -0.2) is 0 Å². The van der Waals surface area contributed by atoms with Crippen molar-refractivity contribution in [2.24, 2.45) is 0 Å². The predicted octanol–water partition coefficient (Wildman–Crippen LogP) is 22.3. The summed E-state index contributed by atoms with van der Waals surface area (Å²) in [6.07, 6.45) is 18.9. The highest BCUT2D eigenvalue weighted by Crippen LogP contribution is 2.49. The van der Waals surface area contributed by atoms with Gasteiger partial charge in [-0.3, -0.25) is 0 Å². The second-order valence-electron chi connectivity index (χ2n) is 17.7. The van der Waals surface area contributed by atoms with Crippen LogP contribution in [0.15, 0.2) is 121 Å². The zero-order valence-electron chi connectivity index (χ0n) is 39.4. The van der Waals surface area contributed by atoms with Gasteiger partial charge >= 0.3 is 0 Å². The van der Waals surface area contributed by atoms with Gasteiger partial charge in [0.05, 0.1) is 0 Å². The lowest BCUT2D eigenvalue weighted by atomic mass is 10.0. The molecule has 0 aliphatic heterocycles. The molecule has 0 bridgehead atoms. The predicted molar refractivity (Wildman–Crippen MR) is 304 cm³/mol. The molecule has 0 fully saturated rings. The minimum absolute atomic E-state index is 0.865. The molecule has 0 N–H and O–H groups in total. The van der Waals surface area contributed by atoms with Gasteiger partial charge in [-0.05, 0) is 171 Å². The van der Waals surface area contributed by atoms with Gasteiger partial charge in [0.2, 0.25) is 0 Å². The minimum Gasteiger partial charge on any atom is -0.457 e. The summed E-state index contributed by atoms with van der Waals surface area (Å²) in [5.74, 6) is 1.73. The Morgan fingerprint density at radius 2 is 0.716 bits per heavy atom. The molecule has 9 aromatic rings. The van der Waals surface area contributed by atoms with E-state index >= 15 is 0 Å². The van der Waals surface area contributed by atoms with Crippen molar-refractivity contribution in [1.82, 2.24) is 0 Å². The van der Waals surface area contributed by atoms with Gasteiger partial charge in [0, 0.05) is 68.3 Å². The first-order chi connectivity index (χ1) is 32.9. The Morgan fingerprint density at radius 1 is 0.328 bits per heavy atom. The highest BCUT2D eigenvalue weighted by atomic mass is 32.1. The lowest BCUT2D eigenvalue weighted by Gasteiger charge is -2.06. The Morgan fingerprint density at radius 3 is 1.22 bits per heavy atom. The first kappa shape index (κ1) is 48.2. The van der Waals surface area contributed by atoms with E-state index in [9.17, 15) is 0 Å². The van der Waals surface area contributed by atoms with E-state index in [-0.39, 0.29) is 0 Å². The molecule has 0 saturated carbocycles. The van der Waals surface area contributed by atoms with Crippen LogP contribution >= 0.6 is 79.4 Å². The number of rotatable bonds is 24. The third kappa shape index (κ3) is 12.3. The van der Waals surface area contributed by atoms with Crippen LogP contribution in [0.1, 0.15) is 119 Å². The minimum atomic E-state index is 0.865. The summed E-state index contributed by atoms with van der Waals surface area (Å²) in [6, 6.07) is 45.5. The number of hydrogen-bond acceptors (Lipinski definition) is 8. The van der Waals surface area contributed by atoms with Crippen molar-refractivity contribution in [3.63, 3.8) is 0 Å². The number of thiophene rings is 7. The second kappa shape index (κ2) is 23.6. The van der Waals surface area contributed by atoms with Crippen LogP contribution in [0.5, 0.6) is 11.5 Å². The SMILES string of the molecule is CCCCCCc1ccc(-c2ccc(-c3ccc(-c4cc(CCCCCC)c(-c5ccc(-c6ccc(-c7sc(-c8ccc(Oc9ccc(C)cc9)cc8)cc7CCCCCC)s6)s5)s4)s3)s2)s1. The van der Waals surface area contributed by atoms with Crippen molar-refractivity contribution >= 4 is 79.4 Å². The zero-order valence-corrected chi connectivity index (χ0v) is 45.1. The number of benzene rings is 2. The van der Waals surface area contributed by atoms with Crippen LogP contribution in [0.25, 0.3) is 69.0 Å². The van der Waals surface area contributed by atoms with E-state index in [0.717, 1.165) is 24.3 Å². The first-order valence-electron chi connectivity index (χ1n) is 24.5. The summed E-state index contributed by atoms with van der Waals surface area (Å²) in [6.45, 7) is 9.00. The monoisotopic (exact) mass is 1010 g/mol. The molecule has 346 valence electrons. The lowest BCUT2D eigenvalue weighted by Crippen LogP contribution is -1.85. The van der Waals surface area contributed by atoms with Gasteiger partial charge in [-0.1, -0.05) is 96.3 Å². The van der Waals surface area contributed by atoms with E-state index < -0.39 is 0 Å². The number of unbranched alkanes of at least 4 members (excludes halogenated alkanes) is 9. The third-order valence-corrected chi connectivity index (χ3v) is 21.4. The van der Waals surface area contributed by atoms with Crippen molar-refractivity contribution in [1.29, 1.82) is 0 Å². The quantitative estimate of drug-likeness (QED) is 0.0548. The summed E-state index contributed by atoms with van der Waals surface area (Å²) in [4.78, 5) is 19.6. The number of aryl methyl sites for hydroxylation is 4. The molecule has 0 aliphatic rings. The zero-order chi connectivity index (χ0) is 46.0. The molecule has 7 heterocycles. The lowest BCUT2D eigenvalue weighted by molar-refractivity contribution is 0.482. The Kier molecular flexibility index (Phi) is 17.0. The molecule has 1 nitrogen and oxygen atoms in total. The average Bonchev–Trinajstić information content (AvgIpc) is 4.19. The van der Waals surface area contributed by atoms with E-state index in [0.29, 0.717) is 0 Å². The van der Waals surface area contributed by atoms with E-state index in [1.165, 1.54) is 174 Å². The van der Waals surface area contributed by atoms with E-state index in [1.54, 1.807) is 0 Å². The van der Waals surface area contributed by atoms with E-state index in [1.807, 2.05) is 91.5 Å². The summed E-state index contributed by atoms with van der Waals surface area (Å²) in [5.41, 5.74) is 5.48. The molecule has 0 unspecified atom stereocenters. The van der Waals surface area contributed by atoms with Crippen LogP contribution in [0.2, 0.25) is 0 Å². The molecule has 67 heavy (non-hydrogen) atoms. The van der Waals surface area contributed by atoms with Gasteiger partial charge in [-0.15, -0.1) is 79.4 Å². The molecule has 9 rings (SSSR count). The largest absolute Gasteiger partial charge is 0.457 e. The molecule has 0 amide bonds. The summed E-state index contributed by atoms with van der Waals surface area (Å²) < 4.78 is 6.18. The Hall–Kier alpha value is -3.86. The maximum Gasteiger partial charge on any atom is 0.127 e. The van der Waals surface area contributed by atoms with Gasteiger partial charge in [0.25, 0.3) is 0 Å². The van der Waals surface area contributed by atoms with Crippen LogP contribution in [0.4, 0.5) is 0 Å². The fraction of sp³-hybridized carbons (Fsp3) is 0.322. The first-order valence-corrected chi connectivity index (χ1v) is 30.3. The molecule has 0 radical (unpaired) electrons. The van der Waals surface area contributed by atoms with Gasteiger partial charge in [0.1, 0.15) is 11.5 Å². The molecule has 8 heteroatoms. The highest BCUT2D eigenvalue weighted by molar-refractivity contribution is 7.31. The molecule has 0 atom stereocenters. The molecule has 0 saturated heterocycles. The Labute approximate surface area is 427 Å². The van der Waals surface area contributed by atoms with Crippen molar-refractivity contribution in [2.45, 2.75) is 124 Å². The standard InChI is InChI=1S/C59H62OS7/c1-5-8-11-14-17-42-38-56(41-22-26-45(27-23-41)60-44-24-20-40(4)21-25-44)66-58(42)54-36-34-51(64-54)52-35-37-55(65-52)59-43(18-15-12-9-6-2)39-57(67-59)53-33-32-50(63-53)49-31-30-48(62-49)47-29-28-46(61-47)19-16-13-10-7-3/h20-39H,5-19H2,1-4H3. The fourth-order valence-corrected chi connectivity index (χ4v) is 16.7. The van der Waals surface area contributed by atoms with Crippen LogP contribution < -0.4 is 4.74 Å². The molecule has 0 spiro atoms. The van der Waals surface area contributed by atoms with E-state index in [2.05, 4.69) is 137 Å². The Bertz CT molecular complexity index is 2920. The molecule has 2 aromatic carbocycles. The van der Waals surface area contributed by atoms with Gasteiger partial charge in [-0.2, -0.15) is 0 Å². The second-order valence-corrected chi connectivity index (χ2v) is 25.3. The molecular formula is C59H62OS7. The fourth-order valence-electron chi connectivity index (χ4n) is 8.58.